The quantitative estimate of drug-likeness (QED) is 0.621. The Morgan fingerprint density at radius 1 is 1.38 bits per heavy atom. The van der Waals surface area contributed by atoms with Crippen LogP contribution in [0.3, 0.4) is 0 Å². The number of furan rings is 1. The number of halogens is 3. The lowest BCUT2D eigenvalue weighted by Crippen LogP contribution is -2.24. The van der Waals surface area contributed by atoms with Crippen molar-refractivity contribution in [3.8, 4) is 5.75 Å². The van der Waals surface area contributed by atoms with Gasteiger partial charge in [0.2, 0.25) is 0 Å². The SMILES string of the molecule is O=C(COc1ccc(Cl)cc1Cl)NN=Cc1ccc(Br)o1. The number of nitrogens with zero attached hydrogens (tertiary/aromatic N) is 1. The molecule has 0 spiro atoms. The van der Waals surface area contributed by atoms with Gasteiger partial charge in [-0.05, 0) is 46.3 Å². The van der Waals surface area contributed by atoms with Gasteiger partial charge in [0.15, 0.2) is 11.3 Å². The maximum absolute atomic E-state index is 11.5. The number of nitrogens with one attached hydrogen (secondary N) is 1. The predicted molar refractivity (Wildman–Crippen MR) is 84.1 cm³/mol. The van der Waals surface area contributed by atoms with E-state index in [1.165, 1.54) is 12.3 Å². The lowest BCUT2D eigenvalue weighted by atomic mass is 10.3. The third-order valence-electron chi connectivity index (χ3n) is 2.23. The molecule has 21 heavy (non-hydrogen) atoms. The van der Waals surface area contributed by atoms with Crippen molar-refractivity contribution in [2.45, 2.75) is 0 Å². The van der Waals surface area contributed by atoms with E-state index in [2.05, 4.69) is 26.5 Å². The molecule has 0 aliphatic rings. The van der Waals surface area contributed by atoms with Gasteiger partial charge in [0.05, 0.1) is 11.2 Å². The molecule has 1 aromatic heterocycles. The molecule has 0 radical (unpaired) electrons. The summed E-state index contributed by atoms with van der Waals surface area (Å²) in [6.45, 7) is -0.222. The van der Waals surface area contributed by atoms with E-state index in [0.29, 0.717) is 26.2 Å². The number of amides is 1. The minimum absolute atomic E-state index is 0.222. The largest absolute Gasteiger partial charge is 0.482 e. The summed E-state index contributed by atoms with van der Waals surface area (Å²) in [5.41, 5.74) is 2.30. The van der Waals surface area contributed by atoms with Crippen molar-refractivity contribution < 1.29 is 13.9 Å². The third kappa shape index (κ3) is 5.08. The zero-order chi connectivity index (χ0) is 15.2. The molecule has 0 atom stereocenters. The molecule has 0 unspecified atom stereocenters. The highest BCUT2D eigenvalue weighted by Gasteiger charge is 2.05. The van der Waals surface area contributed by atoms with Crippen LogP contribution in [0.4, 0.5) is 0 Å². The fourth-order valence-corrected chi connectivity index (χ4v) is 2.12. The molecule has 5 nitrogen and oxygen atoms in total. The van der Waals surface area contributed by atoms with Crippen LogP contribution >= 0.6 is 39.1 Å². The minimum Gasteiger partial charge on any atom is -0.482 e. The van der Waals surface area contributed by atoms with Crippen molar-refractivity contribution in [1.82, 2.24) is 5.43 Å². The van der Waals surface area contributed by atoms with Gasteiger partial charge in [0, 0.05) is 5.02 Å². The third-order valence-corrected chi connectivity index (χ3v) is 3.18. The second-order valence-electron chi connectivity index (χ2n) is 3.80. The van der Waals surface area contributed by atoms with Crippen LogP contribution in [-0.4, -0.2) is 18.7 Å². The normalized spacial score (nSPS) is 10.8. The first-order valence-electron chi connectivity index (χ1n) is 5.69. The maximum atomic E-state index is 11.5. The Bertz CT molecular complexity index is 673. The maximum Gasteiger partial charge on any atom is 0.277 e. The molecule has 0 aliphatic carbocycles. The number of rotatable bonds is 5. The predicted octanol–water partition coefficient (Wildman–Crippen LogP) is 3.88. The number of hydrazone groups is 1. The average molecular weight is 392 g/mol. The van der Waals surface area contributed by atoms with Gasteiger partial charge >= 0.3 is 0 Å². The Kier molecular flexibility index (Phi) is 5.67. The van der Waals surface area contributed by atoms with Gasteiger partial charge in [-0.25, -0.2) is 5.43 Å². The molecule has 0 bridgehead atoms. The lowest BCUT2D eigenvalue weighted by Gasteiger charge is -2.06. The van der Waals surface area contributed by atoms with E-state index in [0.717, 1.165) is 0 Å². The van der Waals surface area contributed by atoms with Crippen molar-refractivity contribution >= 4 is 51.3 Å². The van der Waals surface area contributed by atoms with Gasteiger partial charge in [-0.1, -0.05) is 23.2 Å². The molecule has 110 valence electrons. The van der Waals surface area contributed by atoms with E-state index in [1.807, 2.05) is 0 Å². The number of carbonyl (C=O) groups excluding carboxylic acids is 1. The molecule has 0 saturated carbocycles. The van der Waals surface area contributed by atoms with Crippen LogP contribution in [0.2, 0.25) is 10.0 Å². The van der Waals surface area contributed by atoms with Gasteiger partial charge in [-0.15, -0.1) is 0 Å². The topological polar surface area (TPSA) is 63.8 Å². The van der Waals surface area contributed by atoms with Crippen LogP contribution in [-0.2, 0) is 4.79 Å². The molecular weight excluding hydrogens is 383 g/mol. The van der Waals surface area contributed by atoms with Gasteiger partial charge in [0.25, 0.3) is 5.91 Å². The summed E-state index contributed by atoms with van der Waals surface area (Å²) in [5.74, 6) is 0.446. The smallest absolute Gasteiger partial charge is 0.277 e. The van der Waals surface area contributed by atoms with Crippen molar-refractivity contribution in [2.24, 2.45) is 5.10 Å². The molecule has 1 aromatic carbocycles. The average Bonchev–Trinajstić information content (AvgIpc) is 2.83. The van der Waals surface area contributed by atoms with E-state index < -0.39 is 5.91 Å². The van der Waals surface area contributed by atoms with Crippen LogP contribution in [0.1, 0.15) is 5.76 Å². The molecular formula is C13H9BrCl2N2O3. The Balaban J connectivity index is 1.81. The van der Waals surface area contributed by atoms with Crippen molar-refractivity contribution in [2.75, 3.05) is 6.61 Å². The Labute approximate surface area is 139 Å². The van der Waals surface area contributed by atoms with Gasteiger partial charge in [0.1, 0.15) is 11.5 Å². The van der Waals surface area contributed by atoms with E-state index in [-0.39, 0.29) is 6.61 Å². The monoisotopic (exact) mass is 390 g/mol. The van der Waals surface area contributed by atoms with E-state index in [1.54, 1.807) is 24.3 Å². The van der Waals surface area contributed by atoms with Crippen molar-refractivity contribution in [3.05, 3.63) is 50.8 Å². The minimum atomic E-state index is -0.428. The first kappa shape index (κ1) is 15.9. The van der Waals surface area contributed by atoms with Crippen LogP contribution in [0.25, 0.3) is 0 Å². The Hall–Kier alpha value is -1.50. The van der Waals surface area contributed by atoms with Crippen LogP contribution in [0.5, 0.6) is 5.75 Å². The zero-order valence-corrected chi connectivity index (χ0v) is 13.6. The second kappa shape index (κ2) is 7.49. The highest BCUT2D eigenvalue weighted by atomic mass is 79.9. The Morgan fingerprint density at radius 2 is 2.19 bits per heavy atom. The van der Waals surface area contributed by atoms with Crippen LogP contribution in [0.15, 0.2) is 44.5 Å². The standard InChI is InChI=1S/C13H9BrCl2N2O3/c14-12-4-2-9(21-12)6-17-18-13(19)7-20-11-3-1-8(15)5-10(11)16/h1-6H,7H2,(H,18,19). The van der Waals surface area contributed by atoms with E-state index in [9.17, 15) is 4.79 Å². The molecule has 2 aromatic rings. The number of ether oxygens (including phenoxy) is 1. The van der Waals surface area contributed by atoms with E-state index in [4.69, 9.17) is 32.4 Å². The fourth-order valence-electron chi connectivity index (χ4n) is 1.33. The summed E-state index contributed by atoms with van der Waals surface area (Å²) in [6.07, 6.45) is 1.37. The highest BCUT2D eigenvalue weighted by molar-refractivity contribution is 9.10. The van der Waals surface area contributed by atoms with Gasteiger partial charge in [-0.3, -0.25) is 4.79 Å². The fraction of sp³-hybridized carbons (Fsp3) is 0.0769. The summed E-state index contributed by atoms with van der Waals surface area (Å²) in [6, 6.07) is 8.15. The zero-order valence-electron chi connectivity index (χ0n) is 10.5. The summed E-state index contributed by atoms with van der Waals surface area (Å²) in [7, 11) is 0. The molecule has 0 fully saturated rings. The lowest BCUT2D eigenvalue weighted by molar-refractivity contribution is -0.123. The molecule has 1 N–H and O–H groups in total. The number of benzene rings is 1. The number of carbonyl (C=O) groups is 1. The first-order valence-corrected chi connectivity index (χ1v) is 7.24. The van der Waals surface area contributed by atoms with Crippen LogP contribution in [0, 0.1) is 0 Å². The summed E-state index contributed by atoms with van der Waals surface area (Å²) < 4.78 is 11.0. The number of hydrogen-bond donors (Lipinski definition) is 1. The molecule has 1 heterocycles. The molecule has 2 rings (SSSR count). The van der Waals surface area contributed by atoms with Gasteiger partial charge in [-0.2, -0.15) is 5.10 Å². The molecule has 1 amide bonds. The van der Waals surface area contributed by atoms with E-state index >= 15 is 0 Å². The summed E-state index contributed by atoms with van der Waals surface area (Å²) >= 11 is 14.8. The molecule has 0 saturated heterocycles. The molecule has 8 heteroatoms. The number of hydrogen-bond acceptors (Lipinski definition) is 4. The van der Waals surface area contributed by atoms with Crippen molar-refractivity contribution in [1.29, 1.82) is 0 Å². The Morgan fingerprint density at radius 3 is 2.86 bits per heavy atom. The van der Waals surface area contributed by atoms with Gasteiger partial charge < -0.3 is 9.15 Å². The highest BCUT2D eigenvalue weighted by Crippen LogP contribution is 2.27. The van der Waals surface area contributed by atoms with Crippen molar-refractivity contribution in [3.63, 3.8) is 0 Å². The summed E-state index contributed by atoms with van der Waals surface area (Å²) in [4.78, 5) is 11.5. The molecule has 0 aliphatic heterocycles. The summed E-state index contributed by atoms with van der Waals surface area (Å²) in [5, 5.41) is 4.55. The first-order chi connectivity index (χ1) is 10.0. The second-order valence-corrected chi connectivity index (χ2v) is 5.42. The van der Waals surface area contributed by atoms with Crippen LogP contribution < -0.4 is 10.2 Å².